The summed E-state index contributed by atoms with van der Waals surface area (Å²) in [5, 5.41) is 7.36. The minimum atomic E-state index is -0.216. The highest BCUT2D eigenvalue weighted by Crippen LogP contribution is 2.22. The molecule has 128 valence electrons. The summed E-state index contributed by atoms with van der Waals surface area (Å²) in [5.74, 6) is -0.216. The van der Waals surface area contributed by atoms with Crippen molar-refractivity contribution in [2.24, 2.45) is 0 Å². The number of carbonyl (C=O) groups is 1. The second-order valence-corrected chi connectivity index (χ2v) is 6.19. The van der Waals surface area contributed by atoms with E-state index in [0.717, 1.165) is 28.1 Å². The van der Waals surface area contributed by atoms with Crippen molar-refractivity contribution < 1.29 is 4.79 Å². The second kappa shape index (κ2) is 6.44. The quantitative estimate of drug-likeness (QED) is 0.605. The number of anilines is 1. The Labute approximate surface area is 151 Å². The fourth-order valence-corrected chi connectivity index (χ4v) is 2.96. The number of fused-ring (bicyclic) bond motifs is 1. The maximum atomic E-state index is 12.8. The zero-order valence-corrected chi connectivity index (χ0v) is 14.6. The molecular weight excluding hydrogens is 324 g/mol. The molecule has 0 aliphatic heterocycles. The van der Waals surface area contributed by atoms with Crippen LogP contribution in [0.3, 0.4) is 0 Å². The number of hydrogen-bond acceptors (Lipinski definition) is 3. The first-order valence-electron chi connectivity index (χ1n) is 8.41. The smallest absolute Gasteiger partial charge is 0.261 e. The van der Waals surface area contributed by atoms with Crippen molar-refractivity contribution in [3.05, 3.63) is 83.7 Å². The Kier molecular flexibility index (Phi) is 3.97. The Morgan fingerprint density at radius 3 is 2.62 bits per heavy atom. The molecule has 2 aromatic carbocycles. The van der Waals surface area contributed by atoms with Crippen molar-refractivity contribution in [2.75, 3.05) is 5.32 Å². The van der Waals surface area contributed by atoms with Gasteiger partial charge in [0.05, 0.1) is 11.9 Å². The van der Waals surface area contributed by atoms with E-state index >= 15 is 0 Å². The normalized spacial score (nSPS) is 10.8. The largest absolute Gasteiger partial charge is 0.322 e. The van der Waals surface area contributed by atoms with Gasteiger partial charge in [-0.2, -0.15) is 5.10 Å². The highest BCUT2D eigenvalue weighted by Gasteiger charge is 2.17. The maximum absolute atomic E-state index is 12.8. The molecule has 0 radical (unpaired) electrons. The van der Waals surface area contributed by atoms with Crippen LogP contribution in [0.15, 0.2) is 67.0 Å². The van der Waals surface area contributed by atoms with Gasteiger partial charge in [-0.15, -0.1) is 0 Å². The summed E-state index contributed by atoms with van der Waals surface area (Å²) in [5.41, 5.74) is 5.87. The van der Waals surface area contributed by atoms with Crippen LogP contribution in [-0.4, -0.2) is 20.5 Å². The lowest BCUT2D eigenvalue weighted by atomic mass is 10.1. The van der Waals surface area contributed by atoms with Crippen LogP contribution in [0.5, 0.6) is 0 Å². The number of carbonyl (C=O) groups excluding carboxylic acids is 1. The molecule has 1 N–H and O–H groups in total. The molecule has 4 rings (SSSR count). The predicted molar refractivity (Wildman–Crippen MR) is 102 cm³/mol. The zero-order valence-electron chi connectivity index (χ0n) is 14.6. The molecule has 0 saturated carbocycles. The Balaban J connectivity index is 1.74. The number of nitrogens with one attached hydrogen (secondary N) is 1. The van der Waals surface area contributed by atoms with Gasteiger partial charge in [-0.25, -0.2) is 9.50 Å². The molecule has 5 heteroatoms. The molecule has 4 aromatic rings. The van der Waals surface area contributed by atoms with Gasteiger partial charge in [-0.3, -0.25) is 4.79 Å². The van der Waals surface area contributed by atoms with Crippen LogP contribution in [0.4, 0.5) is 5.69 Å². The summed E-state index contributed by atoms with van der Waals surface area (Å²) in [6.07, 6.45) is 3.27. The van der Waals surface area contributed by atoms with E-state index in [0.29, 0.717) is 11.2 Å². The van der Waals surface area contributed by atoms with E-state index in [1.54, 1.807) is 16.9 Å². The number of amides is 1. The summed E-state index contributed by atoms with van der Waals surface area (Å²) in [7, 11) is 0. The number of rotatable bonds is 3. The van der Waals surface area contributed by atoms with E-state index in [4.69, 9.17) is 0 Å². The molecule has 2 heterocycles. The standard InChI is InChI=1S/C21H18N4O/c1-14-7-6-10-18(15(14)2)24-21(26)17-13-23-25-19(11-12-22-20(17)25)16-8-4-3-5-9-16/h3-13H,1-2H3,(H,24,26). The molecule has 1 amide bonds. The third kappa shape index (κ3) is 2.73. The molecule has 26 heavy (non-hydrogen) atoms. The zero-order chi connectivity index (χ0) is 18.1. The molecular formula is C21H18N4O. The minimum absolute atomic E-state index is 0.216. The average molecular weight is 342 g/mol. The fourth-order valence-electron chi connectivity index (χ4n) is 2.96. The topological polar surface area (TPSA) is 59.3 Å². The van der Waals surface area contributed by atoms with Gasteiger partial charge in [0.2, 0.25) is 0 Å². The van der Waals surface area contributed by atoms with Crippen LogP contribution >= 0.6 is 0 Å². The van der Waals surface area contributed by atoms with Crippen LogP contribution in [0, 0.1) is 13.8 Å². The molecule has 0 saturated heterocycles. The van der Waals surface area contributed by atoms with Crippen LogP contribution in [0.25, 0.3) is 16.9 Å². The molecule has 0 atom stereocenters. The lowest BCUT2D eigenvalue weighted by Gasteiger charge is -2.09. The SMILES string of the molecule is Cc1cccc(NC(=O)c2cnn3c(-c4ccccc4)ccnc23)c1C. The van der Waals surface area contributed by atoms with Crippen molar-refractivity contribution in [1.29, 1.82) is 0 Å². The summed E-state index contributed by atoms with van der Waals surface area (Å²) in [6, 6.07) is 17.7. The highest BCUT2D eigenvalue weighted by atomic mass is 16.1. The Morgan fingerprint density at radius 1 is 1.00 bits per heavy atom. The molecule has 5 nitrogen and oxygen atoms in total. The monoisotopic (exact) mass is 342 g/mol. The first-order valence-corrected chi connectivity index (χ1v) is 8.41. The van der Waals surface area contributed by atoms with Gasteiger partial charge in [0.15, 0.2) is 5.65 Å². The number of hydrogen-bond donors (Lipinski definition) is 1. The van der Waals surface area contributed by atoms with Crippen molar-refractivity contribution in [3.8, 4) is 11.3 Å². The second-order valence-electron chi connectivity index (χ2n) is 6.19. The lowest BCUT2D eigenvalue weighted by molar-refractivity contribution is 0.102. The fraction of sp³-hybridized carbons (Fsp3) is 0.0952. The van der Waals surface area contributed by atoms with Crippen molar-refractivity contribution in [1.82, 2.24) is 14.6 Å². The Morgan fingerprint density at radius 2 is 1.81 bits per heavy atom. The number of aromatic nitrogens is 3. The van der Waals surface area contributed by atoms with E-state index in [1.165, 1.54) is 0 Å². The van der Waals surface area contributed by atoms with Crippen molar-refractivity contribution in [2.45, 2.75) is 13.8 Å². The van der Waals surface area contributed by atoms with Crippen LogP contribution in [0.2, 0.25) is 0 Å². The van der Waals surface area contributed by atoms with Gasteiger partial charge in [-0.1, -0.05) is 42.5 Å². The van der Waals surface area contributed by atoms with Crippen molar-refractivity contribution in [3.63, 3.8) is 0 Å². The first kappa shape index (κ1) is 16.0. The summed E-state index contributed by atoms with van der Waals surface area (Å²) < 4.78 is 1.70. The summed E-state index contributed by atoms with van der Waals surface area (Å²) >= 11 is 0. The van der Waals surface area contributed by atoms with Gasteiger partial charge >= 0.3 is 0 Å². The van der Waals surface area contributed by atoms with Crippen LogP contribution < -0.4 is 5.32 Å². The average Bonchev–Trinajstić information content (AvgIpc) is 3.10. The van der Waals surface area contributed by atoms with E-state index in [9.17, 15) is 4.79 Å². The third-order valence-electron chi connectivity index (χ3n) is 4.57. The molecule has 0 aliphatic carbocycles. The summed E-state index contributed by atoms with van der Waals surface area (Å²) in [6.45, 7) is 4.01. The van der Waals surface area contributed by atoms with Gasteiger partial charge in [0, 0.05) is 17.4 Å². The van der Waals surface area contributed by atoms with E-state index in [1.807, 2.05) is 68.4 Å². The Bertz CT molecular complexity index is 1100. The van der Waals surface area contributed by atoms with Gasteiger partial charge in [0.1, 0.15) is 5.56 Å². The van der Waals surface area contributed by atoms with Crippen molar-refractivity contribution >= 4 is 17.2 Å². The van der Waals surface area contributed by atoms with E-state index in [2.05, 4.69) is 15.4 Å². The third-order valence-corrected chi connectivity index (χ3v) is 4.57. The molecule has 0 unspecified atom stereocenters. The molecule has 0 aliphatic rings. The van der Waals surface area contributed by atoms with Crippen LogP contribution in [-0.2, 0) is 0 Å². The number of benzene rings is 2. The van der Waals surface area contributed by atoms with E-state index < -0.39 is 0 Å². The Hall–Kier alpha value is -3.47. The van der Waals surface area contributed by atoms with E-state index in [-0.39, 0.29) is 5.91 Å². The maximum Gasteiger partial charge on any atom is 0.261 e. The first-order chi connectivity index (χ1) is 12.6. The lowest BCUT2D eigenvalue weighted by Crippen LogP contribution is -2.13. The minimum Gasteiger partial charge on any atom is -0.322 e. The predicted octanol–water partition coefficient (Wildman–Crippen LogP) is 4.27. The molecule has 0 spiro atoms. The number of aryl methyl sites for hydroxylation is 1. The molecule has 0 fully saturated rings. The van der Waals surface area contributed by atoms with Crippen LogP contribution in [0.1, 0.15) is 21.5 Å². The molecule has 0 bridgehead atoms. The summed E-state index contributed by atoms with van der Waals surface area (Å²) in [4.78, 5) is 17.2. The van der Waals surface area contributed by atoms with Gasteiger partial charge in [0.25, 0.3) is 5.91 Å². The van der Waals surface area contributed by atoms with Gasteiger partial charge in [-0.05, 0) is 37.1 Å². The molecule has 2 aromatic heterocycles. The number of nitrogens with zero attached hydrogens (tertiary/aromatic N) is 3. The highest BCUT2D eigenvalue weighted by molar-refractivity contribution is 6.08. The van der Waals surface area contributed by atoms with Gasteiger partial charge < -0.3 is 5.32 Å².